The zero-order valence-corrected chi connectivity index (χ0v) is 14.2. The van der Waals surface area contributed by atoms with Gasteiger partial charge in [0.2, 0.25) is 11.8 Å². The van der Waals surface area contributed by atoms with Crippen LogP contribution < -0.4 is 10.1 Å². The number of amides is 2. The Hall–Kier alpha value is -3.33. The fraction of sp³-hybridized carbons (Fsp3) is 0.211. The molecule has 6 nitrogen and oxygen atoms in total. The molecule has 2 rings (SSSR count). The third-order valence-corrected chi connectivity index (χ3v) is 3.59. The number of hydrogen-bond donors (Lipinski definition) is 1. The van der Waals surface area contributed by atoms with Crippen molar-refractivity contribution in [2.45, 2.75) is 13.5 Å². The predicted molar refractivity (Wildman–Crippen MR) is 93.9 cm³/mol. The van der Waals surface area contributed by atoms with Crippen LogP contribution in [0.15, 0.2) is 48.5 Å². The van der Waals surface area contributed by atoms with E-state index >= 15 is 0 Å². The molecule has 0 aliphatic rings. The average molecular weight is 337 g/mol. The first-order valence-electron chi connectivity index (χ1n) is 7.70. The first kappa shape index (κ1) is 18.0. The van der Waals surface area contributed by atoms with E-state index in [4.69, 9.17) is 10.00 Å². The van der Waals surface area contributed by atoms with Crippen LogP contribution in [0, 0.1) is 11.3 Å². The van der Waals surface area contributed by atoms with Gasteiger partial charge in [-0.25, -0.2) is 0 Å². The van der Waals surface area contributed by atoms with Crippen molar-refractivity contribution in [2.75, 3.05) is 19.0 Å². The predicted octanol–water partition coefficient (Wildman–Crippen LogP) is 2.55. The molecule has 0 heterocycles. The zero-order chi connectivity index (χ0) is 18.2. The number of nitrogens with one attached hydrogen (secondary N) is 1. The van der Waals surface area contributed by atoms with E-state index in [1.807, 2.05) is 18.2 Å². The molecular formula is C19H19N3O3. The second kappa shape index (κ2) is 8.50. The van der Waals surface area contributed by atoms with Gasteiger partial charge in [0.25, 0.3) is 0 Å². The fourth-order valence-electron chi connectivity index (χ4n) is 2.27. The van der Waals surface area contributed by atoms with Crippen molar-refractivity contribution in [3.63, 3.8) is 0 Å². The van der Waals surface area contributed by atoms with E-state index in [-0.39, 0.29) is 18.4 Å². The molecule has 25 heavy (non-hydrogen) atoms. The van der Waals surface area contributed by atoms with Crippen LogP contribution in [0.25, 0.3) is 0 Å². The van der Waals surface area contributed by atoms with Gasteiger partial charge in [-0.1, -0.05) is 18.2 Å². The second-order valence-corrected chi connectivity index (χ2v) is 5.46. The van der Waals surface area contributed by atoms with Crippen molar-refractivity contribution in [1.82, 2.24) is 4.90 Å². The summed E-state index contributed by atoms with van der Waals surface area (Å²) in [6, 6.07) is 15.9. The van der Waals surface area contributed by atoms with Gasteiger partial charge in [-0.05, 0) is 35.9 Å². The molecule has 0 saturated heterocycles. The van der Waals surface area contributed by atoms with Crippen LogP contribution >= 0.6 is 0 Å². The lowest BCUT2D eigenvalue weighted by Gasteiger charge is -2.21. The summed E-state index contributed by atoms with van der Waals surface area (Å²) >= 11 is 0. The number of hydrogen-bond acceptors (Lipinski definition) is 4. The Labute approximate surface area is 146 Å². The minimum atomic E-state index is -0.321. The lowest BCUT2D eigenvalue weighted by Crippen LogP contribution is -2.36. The molecule has 2 aromatic rings. The van der Waals surface area contributed by atoms with E-state index in [0.29, 0.717) is 17.8 Å². The van der Waals surface area contributed by atoms with Gasteiger partial charge in [0.1, 0.15) is 12.3 Å². The number of benzene rings is 2. The SMILES string of the molecule is COc1ccc(CN(CC(=O)Nc2cccc(C#N)c2)C(C)=O)cc1. The first-order chi connectivity index (χ1) is 12.0. The first-order valence-corrected chi connectivity index (χ1v) is 7.70. The van der Waals surface area contributed by atoms with Crippen LogP contribution in [0.5, 0.6) is 5.75 Å². The summed E-state index contributed by atoms with van der Waals surface area (Å²) < 4.78 is 5.10. The molecule has 6 heteroatoms. The molecule has 0 aliphatic heterocycles. The van der Waals surface area contributed by atoms with Crippen molar-refractivity contribution in [2.24, 2.45) is 0 Å². The third-order valence-electron chi connectivity index (χ3n) is 3.59. The highest BCUT2D eigenvalue weighted by Gasteiger charge is 2.14. The zero-order valence-electron chi connectivity index (χ0n) is 14.2. The van der Waals surface area contributed by atoms with Crippen LogP contribution in [0.2, 0.25) is 0 Å². The van der Waals surface area contributed by atoms with Crippen LogP contribution in [-0.4, -0.2) is 30.4 Å². The van der Waals surface area contributed by atoms with Gasteiger partial charge in [0.05, 0.1) is 18.7 Å². The molecule has 0 fully saturated rings. The average Bonchev–Trinajstić information content (AvgIpc) is 2.61. The van der Waals surface area contributed by atoms with Crippen molar-refractivity contribution >= 4 is 17.5 Å². The van der Waals surface area contributed by atoms with E-state index in [2.05, 4.69) is 5.32 Å². The number of carbonyl (C=O) groups is 2. The second-order valence-electron chi connectivity index (χ2n) is 5.46. The molecule has 0 unspecified atom stereocenters. The van der Waals surface area contributed by atoms with Crippen molar-refractivity contribution in [1.29, 1.82) is 5.26 Å². The number of methoxy groups -OCH3 is 1. The van der Waals surface area contributed by atoms with Gasteiger partial charge in [-0.15, -0.1) is 0 Å². The summed E-state index contributed by atoms with van der Waals surface area (Å²) in [5.41, 5.74) is 1.88. The van der Waals surface area contributed by atoms with Crippen LogP contribution in [0.4, 0.5) is 5.69 Å². The normalized spacial score (nSPS) is 9.80. The Morgan fingerprint density at radius 2 is 1.92 bits per heavy atom. The number of rotatable bonds is 6. The van der Waals surface area contributed by atoms with Crippen molar-refractivity contribution in [3.05, 3.63) is 59.7 Å². The largest absolute Gasteiger partial charge is 0.497 e. The standard InChI is InChI=1S/C19H19N3O3/c1-14(23)22(12-15-6-8-18(25-2)9-7-15)13-19(24)21-17-5-3-4-16(10-17)11-20/h3-10H,12-13H2,1-2H3,(H,21,24). The maximum absolute atomic E-state index is 12.2. The number of anilines is 1. The van der Waals surface area contributed by atoms with Crippen LogP contribution in [0.1, 0.15) is 18.1 Å². The molecule has 128 valence electrons. The van der Waals surface area contributed by atoms with E-state index < -0.39 is 0 Å². The molecule has 0 spiro atoms. The van der Waals surface area contributed by atoms with Gasteiger partial charge in [-0.2, -0.15) is 5.26 Å². The molecule has 2 amide bonds. The van der Waals surface area contributed by atoms with E-state index in [9.17, 15) is 9.59 Å². The van der Waals surface area contributed by atoms with E-state index in [1.54, 1.807) is 43.5 Å². The molecular weight excluding hydrogens is 318 g/mol. The van der Waals surface area contributed by atoms with Gasteiger partial charge in [0.15, 0.2) is 0 Å². The number of nitrogens with zero attached hydrogens (tertiary/aromatic N) is 2. The van der Waals surface area contributed by atoms with Gasteiger partial charge in [0, 0.05) is 19.2 Å². The van der Waals surface area contributed by atoms with Gasteiger partial charge < -0.3 is 15.0 Å². The smallest absolute Gasteiger partial charge is 0.244 e. The Morgan fingerprint density at radius 3 is 2.52 bits per heavy atom. The maximum Gasteiger partial charge on any atom is 0.244 e. The highest BCUT2D eigenvalue weighted by Crippen LogP contribution is 2.14. The lowest BCUT2D eigenvalue weighted by atomic mass is 10.2. The number of ether oxygens (including phenoxy) is 1. The van der Waals surface area contributed by atoms with Gasteiger partial charge in [-0.3, -0.25) is 9.59 Å². The quantitative estimate of drug-likeness (QED) is 0.878. The summed E-state index contributed by atoms with van der Waals surface area (Å²) in [5.74, 6) is 0.212. The molecule has 0 atom stereocenters. The summed E-state index contributed by atoms with van der Waals surface area (Å²) in [6.07, 6.45) is 0. The third kappa shape index (κ3) is 5.36. The minimum absolute atomic E-state index is 0.0713. The molecule has 0 bridgehead atoms. The highest BCUT2D eigenvalue weighted by molar-refractivity contribution is 5.94. The number of carbonyl (C=O) groups excluding carboxylic acids is 2. The Bertz CT molecular complexity index is 794. The number of nitriles is 1. The summed E-state index contributed by atoms with van der Waals surface area (Å²) in [7, 11) is 1.59. The summed E-state index contributed by atoms with van der Waals surface area (Å²) in [5, 5.41) is 11.6. The minimum Gasteiger partial charge on any atom is -0.497 e. The molecule has 0 radical (unpaired) electrons. The Kier molecular flexibility index (Phi) is 6.13. The lowest BCUT2D eigenvalue weighted by molar-refractivity contribution is -0.133. The molecule has 1 N–H and O–H groups in total. The van der Waals surface area contributed by atoms with E-state index in [0.717, 1.165) is 11.3 Å². The van der Waals surface area contributed by atoms with Crippen LogP contribution in [-0.2, 0) is 16.1 Å². The monoisotopic (exact) mass is 337 g/mol. The fourth-order valence-corrected chi connectivity index (χ4v) is 2.27. The maximum atomic E-state index is 12.2. The van der Waals surface area contributed by atoms with E-state index in [1.165, 1.54) is 11.8 Å². The Balaban J connectivity index is 2.01. The molecule has 2 aromatic carbocycles. The van der Waals surface area contributed by atoms with Gasteiger partial charge >= 0.3 is 0 Å². The topological polar surface area (TPSA) is 82.4 Å². The van der Waals surface area contributed by atoms with Crippen molar-refractivity contribution < 1.29 is 14.3 Å². The summed E-state index contributed by atoms with van der Waals surface area (Å²) in [4.78, 5) is 25.5. The summed E-state index contributed by atoms with van der Waals surface area (Å²) in [6.45, 7) is 1.68. The molecule has 0 aromatic heterocycles. The van der Waals surface area contributed by atoms with Crippen LogP contribution in [0.3, 0.4) is 0 Å². The highest BCUT2D eigenvalue weighted by atomic mass is 16.5. The molecule has 0 saturated carbocycles. The van der Waals surface area contributed by atoms with Crippen molar-refractivity contribution in [3.8, 4) is 11.8 Å². The molecule has 0 aliphatic carbocycles. The Morgan fingerprint density at radius 1 is 1.20 bits per heavy atom.